The first-order valence-corrected chi connectivity index (χ1v) is 9.05. The zero-order valence-electron chi connectivity index (χ0n) is 15.8. The van der Waals surface area contributed by atoms with E-state index >= 15 is 0 Å². The van der Waals surface area contributed by atoms with Crippen molar-refractivity contribution in [2.45, 2.75) is 31.3 Å². The molecular weight excluding hydrogens is 340 g/mol. The number of para-hydroxylation sites is 1. The highest BCUT2D eigenvalue weighted by molar-refractivity contribution is 5.80. The van der Waals surface area contributed by atoms with Gasteiger partial charge < -0.3 is 15.4 Å². The second-order valence-electron chi connectivity index (χ2n) is 6.99. The summed E-state index contributed by atoms with van der Waals surface area (Å²) in [6, 6.07) is 14.4. The van der Waals surface area contributed by atoms with Gasteiger partial charge in [-0.2, -0.15) is 0 Å². The van der Waals surface area contributed by atoms with Crippen LogP contribution in [0.4, 0.5) is 0 Å². The minimum absolute atomic E-state index is 0.0335. The van der Waals surface area contributed by atoms with Crippen LogP contribution in [0.1, 0.15) is 24.7 Å². The molecule has 0 bridgehead atoms. The Hall–Kier alpha value is -3.09. The van der Waals surface area contributed by atoms with Crippen molar-refractivity contribution in [1.29, 1.82) is 0 Å². The Kier molecular flexibility index (Phi) is 4.43. The van der Waals surface area contributed by atoms with E-state index in [9.17, 15) is 0 Å². The molecule has 4 rings (SSSR count). The fraction of sp³-hybridized carbons (Fsp3) is 0.350. The average molecular weight is 364 g/mol. The minimum Gasteiger partial charge on any atom is -0.496 e. The molecule has 0 spiro atoms. The van der Waals surface area contributed by atoms with Crippen LogP contribution < -0.4 is 15.4 Å². The van der Waals surface area contributed by atoms with Crippen LogP contribution in [0.3, 0.4) is 0 Å². The molecule has 2 atom stereocenters. The molecule has 1 aromatic carbocycles. The summed E-state index contributed by atoms with van der Waals surface area (Å²) in [4.78, 5) is 4.36. The zero-order chi connectivity index (χ0) is 18.9. The van der Waals surface area contributed by atoms with Gasteiger partial charge in [-0.1, -0.05) is 31.2 Å². The highest BCUT2D eigenvalue weighted by Gasteiger charge is 2.53. The van der Waals surface area contributed by atoms with Crippen molar-refractivity contribution >= 4 is 11.6 Å². The molecule has 7 heteroatoms. The van der Waals surface area contributed by atoms with Gasteiger partial charge in [0.15, 0.2) is 17.4 Å². The lowest BCUT2D eigenvalue weighted by Crippen LogP contribution is -2.40. The van der Waals surface area contributed by atoms with E-state index < -0.39 is 0 Å². The number of aromatic nitrogens is 3. The van der Waals surface area contributed by atoms with Crippen LogP contribution in [0, 0.1) is 0 Å². The van der Waals surface area contributed by atoms with Crippen molar-refractivity contribution in [3.63, 3.8) is 0 Å². The molecule has 3 aromatic rings. The van der Waals surface area contributed by atoms with Gasteiger partial charge in [-0.15, -0.1) is 10.2 Å². The van der Waals surface area contributed by atoms with E-state index in [0.29, 0.717) is 12.6 Å². The van der Waals surface area contributed by atoms with Crippen LogP contribution in [0.2, 0.25) is 0 Å². The lowest BCUT2D eigenvalue weighted by Gasteiger charge is -2.18. The fourth-order valence-electron chi connectivity index (χ4n) is 3.52. The summed E-state index contributed by atoms with van der Waals surface area (Å²) in [6.45, 7) is 2.80. The second-order valence-corrected chi connectivity index (χ2v) is 6.99. The van der Waals surface area contributed by atoms with Crippen molar-refractivity contribution in [3.8, 4) is 5.75 Å². The SMILES string of the molecule is CN=C(NCc1nnc2ccccn12)NC1CC1(C)c1ccccc1OC. The summed E-state index contributed by atoms with van der Waals surface area (Å²) in [7, 11) is 3.50. The summed E-state index contributed by atoms with van der Waals surface area (Å²) >= 11 is 0. The predicted octanol–water partition coefficient (Wildman–Crippen LogP) is 2.13. The van der Waals surface area contributed by atoms with Crippen LogP contribution in [-0.4, -0.2) is 40.8 Å². The molecule has 7 nitrogen and oxygen atoms in total. The number of guanidine groups is 1. The quantitative estimate of drug-likeness (QED) is 0.536. The van der Waals surface area contributed by atoms with Crippen molar-refractivity contribution in [2.75, 3.05) is 14.2 Å². The van der Waals surface area contributed by atoms with E-state index in [-0.39, 0.29) is 5.41 Å². The molecule has 1 fully saturated rings. The lowest BCUT2D eigenvalue weighted by molar-refractivity contribution is 0.404. The smallest absolute Gasteiger partial charge is 0.191 e. The number of rotatable bonds is 5. The Morgan fingerprint density at radius 2 is 2.07 bits per heavy atom. The number of methoxy groups -OCH3 is 1. The van der Waals surface area contributed by atoms with Gasteiger partial charge in [0.25, 0.3) is 0 Å². The van der Waals surface area contributed by atoms with E-state index in [0.717, 1.165) is 29.6 Å². The summed E-state index contributed by atoms with van der Waals surface area (Å²) < 4.78 is 7.51. The first-order chi connectivity index (χ1) is 13.2. The molecular formula is C20H24N6O. The number of hydrogen-bond donors (Lipinski definition) is 2. The molecule has 0 saturated heterocycles. The molecule has 27 heavy (non-hydrogen) atoms. The number of nitrogens with one attached hydrogen (secondary N) is 2. The van der Waals surface area contributed by atoms with E-state index in [4.69, 9.17) is 4.74 Å². The van der Waals surface area contributed by atoms with Gasteiger partial charge in [-0.3, -0.25) is 9.39 Å². The Morgan fingerprint density at radius 1 is 1.26 bits per heavy atom. The van der Waals surface area contributed by atoms with Crippen molar-refractivity contribution in [2.24, 2.45) is 4.99 Å². The Bertz CT molecular complexity index is 981. The maximum Gasteiger partial charge on any atom is 0.191 e. The topological polar surface area (TPSA) is 75.8 Å². The molecule has 0 radical (unpaired) electrons. The molecule has 1 aliphatic carbocycles. The number of fused-ring (bicyclic) bond motifs is 1. The average Bonchev–Trinajstić information content (AvgIpc) is 3.19. The summed E-state index contributed by atoms with van der Waals surface area (Å²) in [5, 5.41) is 15.3. The second kappa shape index (κ2) is 6.90. The molecule has 0 amide bonds. The first-order valence-electron chi connectivity index (χ1n) is 9.05. The van der Waals surface area contributed by atoms with Crippen LogP contribution in [0.5, 0.6) is 5.75 Å². The van der Waals surface area contributed by atoms with Crippen LogP contribution >= 0.6 is 0 Å². The van der Waals surface area contributed by atoms with E-state index in [1.165, 1.54) is 5.56 Å². The standard InChI is InChI=1S/C20H24N6O/c1-20(14-8-4-5-9-15(14)27-3)12-16(20)23-19(21-2)22-13-18-25-24-17-10-6-7-11-26(17)18/h4-11,16H,12-13H2,1-3H3,(H2,21,22,23). The van der Waals surface area contributed by atoms with E-state index in [1.807, 2.05) is 40.9 Å². The maximum atomic E-state index is 5.54. The number of pyridine rings is 1. The van der Waals surface area contributed by atoms with Gasteiger partial charge in [-0.05, 0) is 24.6 Å². The molecule has 140 valence electrons. The monoisotopic (exact) mass is 364 g/mol. The summed E-state index contributed by atoms with van der Waals surface area (Å²) in [5.74, 6) is 2.53. The molecule has 2 aromatic heterocycles. The number of nitrogens with zero attached hydrogens (tertiary/aromatic N) is 4. The number of hydrogen-bond acceptors (Lipinski definition) is 4. The molecule has 1 saturated carbocycles. The molecule has 2 N–H and O–H groups in total. The van der Waals surface area contributed by atoms with E-state index in [2.05, 4.69) is 44.9 Å². The Labute approximate surface area is 158 Å². The number of aliphatic imine (C=N–C) groups is 1. The number of ether oxygens (including phenoxy) is 1. The molecule has 2 heterocycles. The van der Waals surface area contributed by atoms with Crippen molar-refractivity contribution < 1.29 is 4.74 Å². The van der Waals surface area contributed by atoms with Crippen molar-refractivity contribution in [1.82, 2.24) is 25.2 Å². The largest absolute Gasteiger partial charge is 0.496 e. The van der Waals surface area contributed by atoms with Gasteiger partial charge in [0, 0.05) is 30.3 Å². The molecule has 0 aliphatic heterocycles. The third-order valence-corrected chi connectivity index (χ3v) is 5.29. The predicted molar refractivity (Wildman–Crippen MR) is 105 cm³/mol. The Balaban J connectivity index is 1.42. The molecule has 2 unspecified atom stereocenters. The lowest BCUT2D eigenvalue weighted by atomic mass is 9.96. The molecule has 1 aliphatic rings. The van der Waals surface area contributed by atoms with Crippen LogP contribution in [-0.2, 0) is 12.0 Å². The van der Waals surface area contributed by atoms with Gasteiger partial charge in [0.1, 0.15) is 5.75 Å². The highest BCUT2D eigenvalue weighted by Crippen LogP contribution is 2.50. The van der Waals surface area contributed by atoms with Gasteiger partial charge >= 0.3 is 0 Å². The van der Waals surface area contributed by atoms with Gasteiger partial charge in [-0.25, -0.2) is 0 Å². The minimum atomic E-state index is 0.0335. The summed E-state index contributed by atoms with van der Waals surface area (Å²) in [6.07, 6.45) is 2.99. The zero-order valence-corrected chi connectivity index (χ0v) is 15.8. The van der Waals surface area contributed by atoms with Crippen molar-refractivity contribution in [3.05, 3.63) is 60.0 Å². The third kappa shape index (κ3) is 3.20. The normalized spacial score (nSPS) is 21.9. The van der Waals surface area contributed by atoms with Crippen LogP contribution in [0.25, 0.3) is 5.65 Å². The third-order valence-electron chi connectivity index (χ3n) is 5.29. The Morgan fingerprint density at radius 3 is 2.89 bits per heavy atom. The van der Waals surface area contributed by atoms with Gasteiger partial charge in [0.05, 0.1) is 13.7 Å². The van der Waals surface area contributed by atoms with Crippen LogP contribution in [0.15, 0.2) is 53.7 Å². The number of benzene rings is 1. The first kappa shape index (κ1) is 17.3. The highest BCUT2D eigenvalue weighted by atomic mass is 16.5. The fourth-order valence-corrected chi connectivity index (χ4v) is 3.52. The maximum absolute atomic E-state index is 5.54. The summed E-state index contributed by atoms with van der Waals surface area (Å²) in [5.41, 5.74) is 2.10. The van der Waals surface area contributed by atoms with E-state index in [1.54, 1.807) is 14.2 Å². The van der Waals surface area contributed by atoms with Gasteiger partial charge in [0.2, 0.25) is 0 Å².